The molecule has 0 atom stereocenters. The number of hydrogen-bond donors (Lipinski definition) is 1. The lowest BCUT2D eigenvalue weighted by molar-refractivity contribution is -0.112. The highest BCUT2D eigenvalue weighted by Crippen LogP contribution is 2.38. The van der Waals surface area contributed by atoms with E-state index in [0.717, 1.165) is 11.1 Å². The Labute approximate surface area is 159 Å². The second-order valence-electron chi connectivity index (χ2n) is 5.90. The Hall–Kier alpha value is -3.46. The number of nitriles is 1. The Morgan fingerprint density at radius 2 is 1.67 bits per heavy atom. The van der Waals surface area contributed by atoms with Gasteiger partial charge in [-0.2, -0.15) is 5.26 Å². The van der Waals surface area contributed by atoms with E-state index in [1.54, 1.807) is 12.1 Å². The molecule has 0 fully saturated rings. The Bertz CT molecular complexity index is 901. The number of methoxy groups -OCH3 is 3. The van der Waals surface area contributed by atoms with E-state index in [1.807, 2.05) is 38.1 Å². The van der Waals surface area contributed by atoms with Gasteiger partial charge in [0.05, 0.1) is 21.3 Å². The third-order valence-electron chi connectivity index (χ3n) is 3.99. The summed E-state index contributed by atoms with van der Waals surface area (Å²) in [5.41, 5.74) is 3.23. The zero-order chi connectivity index (χ0) is 20.0. The van der Waals surface area contributed by atoms with E-state index in [2.05, 4.69) is 5.32 Å². The van der Waals surface area contributed by atoms with Crippen LogP contribution in [0.25, 0.3) is 6.08 Å². The molecular weight excluding hydrogens is 344 g/mol. The van der Waals surface area contributed by atoms with Crippen LogP contribution in [0.2, 0.25) is 0 Å². The van der Waals surface area contributed by atoms with Crippen molar-refractivity contribution in [1.29, 1.82) is 5.26 Å². The molecule has 0 aromatic heterocycles. The van der Waals surface area contributed by atoms with Crippen molar-refractivity contribution in [2.24, 2.45) is 0 Å². The maximum Gasteiger partial charge on any atom is 0.266 e. The van der Waals surface area contributed by atoms with Gasteiger partial charge in [-0.25, -0.2) is 0 Å². The minimum atomic E-state index is -0.488. The molecule has 0 saturated carbocycles. The Morgan fingerprint density at radius 3 is 2.15 bits per heavy atom. The number of nitrogens with one attached hydrogen (secondary N) is 1. The fourth-order valence-corrected chi connectivity index (χ4v) is 2.64. The van der Waals surface area contributed by atoms with Crippen molar-refractivity contribution < 1.29 is 19.0 Å². The smallest absolute Gasteiger partial charge is 0.266 e. The van der Waals surface area contributed by atoms with Gasteiger partial charge in [0.1, 0.15) is 11.6 Å². The van der Waals surface area contributed by atoms with E-state index in [9.17, 15) is 10.1 Å². The molecule has 2 rings (SSSR count). The van der Waals surface area contributed by atoms with Gasteiger partial charge < -0.3 is 19.5 Å². The first-order valence-electron chi connectivity index (χ1n) is 8.23. The molecule has 6 heteroatoms. The molecule has 0 spiro atoms. The van der Waals surface area contributed by atoms with Crippen LogP contribution in [0.4, 0.5) is 5.69 Å². The number of ether oxygens (including phenoxy) is 3. The highest BCUT2D eigenvalue weighted by Gasteiger charge is 2.15. The summed E-state index contributed by atoms with van der Waals surface area (Å²) in [5.74, 6) is 0.832. The molecule has 2 aromatic rings. The van der Waals surface area contributed by atoms with E-state index in [4.69, 9.17) is 14.2 Å². The number of amides is 1. The number of nitrogens with zero attached hydrogens (tertiary/aromatic N) is 1. The Kier molecular flexibility index (Phi) is 6.45. The molecule has 0 bridgehead atoms. The molecule has 6 nitrogen and oxygen atoms in total. The van der Waals surface area contributed by atoms with Crippen molar-refractivity contribution >= 4 is 17.7 Å². The molecule has 1 amide bonds. The standard InChI is InChI=1S/C21H22N2O4/c1-13-6-7-17(14(2)8-13)23-21(24)16(12-22)9-15-10-18(25-3)20(27-5)19(11-15)26-4/h6-11H,1-5H3,(H,23,24)/b16-9+. The zero-order valence-corrected chi connectivity index (χ0v) is 16.0. The molecule has 0 saturated heterocycles. The number of benzene rings is 2. The van der Waals surface area contributed by atoms with Crippen LogP contribution < -0.4 is 19.5 Å². The summed E-state index contributed by atoms with van der Waals surface area (Å²) in [6.07, 6.45) is 1.48. The highest BCUT2D eigenvalue weighted by molar-refractivity contribution is 6.10. The third kappa shape index (κ3) is 4.59. The van der Waals surface area contributed by atoms with E-state index in [1.165, 1.54) is 27.4 Å². The molecule has 2 aromatic carbocycles. The number of rotatable bonds is 6. The fourth-order valence-electron chi connectivity index (χ4n) is 2.64. The number of aryl methyl sites for hydroxylation is 2. The van der Waals surface area contributed by atoms with Crippen LogP contribution in [0.1, 0.15) is 16.7 Å². The molecule has 0 aliphatic heterocycles. The average molecular weight is 366 g/mol. The minimum absolute atomic E-state index is 0.0377. The first kappa shape index (κ1) is 19.9. The van der Waals surface area contributed by atoms with Crippen LogP contribution >= 0.6 is 0 Å². The summed E-state index contributed by atoms with van der Waals surface area (Å²) in [7, 11) is 4.51. The third-order valence-corrected chi connectivity index (χ3v) is 3.99. The lowest BCUT2D eigenvalue weighted by Gasteiger charge is -2.13. The SMILES string of the molecule is COc1cc(/C=C(\C#N)C(=O)Nc2ccc(C)cc2C)cc(OC)c1OC. The van der Waals surface area contributed by atoms with Crippen LogP contribution in [-0.4, -0.2) is 27.2 Å². The Balaban J connectivity index is 2.37. The number of carbonyl (C=O) groups is 1. The van der Waals surface area contributed by atoms with Crippen LogP contribution in [-0.2, 0) is 4.79 Å². The van der Waals surface area contributed by atoms with Gasteiger partial charge in [-0.1, -0.05) is 17.7 Å². The van der Waals surface area contributed by atoms with Gasteiger partial charge in [-0.15, -0.1) is 0 Å². The molecule has 27 heavy (non-hydrogen) atoms. The normalized spacial score (nSPS) is 10.7. The summed E-state index contributed by atoms with van der Waals surface area (Å²) < 4.78 is 15.9. The molecule has 0 heterocycles. The number of hydrogen-bond acceptors (Lipinski definition) is 5. The quantitative estimate of drug-likeness (QED) is 0.620. The van der Waals surface area contributed by atoms with Crippen LogP contribution in [0, 0.1) is 25.2 Å². The molecule has 0 aliphatic rings. The lowest BCUT2D eigenvalue weighted by atomic mass is 10.1. The fraction of sp³-hybridized carbons (Fsp3) is 0.238. The molecule has 1 N–H and O–H groups in total. The van der Waals surface area contributed by atoms with Crippen molar-refractivity contribution in [3.8, 4) is 23.3 Å². The maximum atomic E-state index is 12.5. The van der Waals surface area contributed by atoms with Crippen LogP contribution in [0.3, 0.4) is 0 Å². The van der Waals surface area contributed by atoms with Crippen molar-refractivity contribution in [3.63, 3.8) is 0 Å². The molecule has 0 unspecified atom stereocenters. The van der Waals surface area contributed by atoms with Crippen LogP contribution in [0.5, 0.6) is 17.2 Å². The lowest BCUT2D eigenvalue weighted by Crippen LogP contribution is -2.14. The van der Waals surface area contributed by atoms with Gasteiger partial charge in [0.25, 0.3) is 5.91 Å². The first-order chi connectivity index (χ1) is 12.9. The van der Waals surface area contributed by atoms with Crippen molar-refractivity contribution in [2.75, 3.05) is 26.6 Å². The van der Waals surface area contributed by atoms with Crippen LogP contribution in [0.15, 0.2) is 35.9 Å². The topological polar surface area (TPSA) is 80.6 Å². The summed E-state index contributed by atoms with van der Waals surface area (Å²) >= 11 is 0. The van der Waals surface area contributed by atoms with Gasteiger partial charge in [0, 0.05) is 5.69 Å². The van der Waals surface area contributed by atoms with E-state index >= 15 is 0 Å². The van der Waals surface area contributed by atoms with Gasteiger partial charge in [-0.3, -0.25) is 4.79 Å². The first-order valence-corrected chi connectivity index (χ1v) is 8.23. The minimum Gasteiger partial charge on any atom is -0.493 e. The highest BCUT2D eigenvalue weighted by atomic mass is 16.5. The summed E-state index contributed by atoms with van der Waals surface area (Å²) in [4.78, 5) is 12.5. The van der Waals surface area contributed by atoms with Crippen molar-refractivity contribution in [1.82, 2.24) is 0 Å². The van der Waals surface area contributed by atoms with Gasteiger partial charge >= 0.3 is 0 Å². The van der Waals surface area contributed by atoms with Gasteiger partial charge in [0.2, 0.25) is 5.75 Å². The predicted octanol–water partition coefficient (Wildman–Crippen LogP) is 3.87. The predicted molar refractivity (Wildman–Crippen MR) is 104 cm³/mol. The molecular formula is C21H22N2O4. The second kappa shape index (κ2) is 8.77. The maximum absolute atomic E-state index is 12.5. The zero-order valence-electron chi connectivity index (χ0n) is 16.0. The number of anilines is 1. The number of carbonyl (C=O) groups excluding carboxylic acids is 1. The molecule has 0 aliphatic carbocycles. The van der Waals surface area contributed by atoms with E-state index < -0.39 is 5.91 Å². The van der Waals surface area contributed by atoms with E-state index in [0.29, 0.717) is 28.5 Å². The van der Waals surface area contributed by atoms with E-state index in [-0.39, 0.29) is 5.57 Å². The van der Waals surface area contributed by atoms with Gasteiger partial charge in [-0.05, 0) is 49.2 Å². The van der Waals surface area contributed by atoms with Crippen molar-refractivity contribution in [2.45, 2.75) is 13.8 Å². The molecule has 140 valence electrons. The monoisotopic (exact) mass is 366 g/mol. The average Bonchev–Trinajstić information content (AvgIpc) is 2.67. The summed E-state index contributed by atoms with van der Waals surface area (Å²) in [6.45, 7) is 3.88. The second-order valence-corrected chi connectivity index (χ2v) is 5.90. The van der Waals surface area contributed by atoms with Gasteiger partial charge in [0.15, 0.2) is 11.5 Å². The largest absolute Gasteiger partial charge is 0.493 e. The molecule has 0 radical (unpaired) electrons. The summed E-state index contributed by atoms with van der Waals surface area (Å²) in [5, 5.41) is 12.2. The summed E-state index contributed by atoms with van der Waals surface area (Å²) in [6, 6.07) is 11.0. The Morgan fingerprint density at radius 1 is 1.04 bits per heavy atom. The van der Waals surface area contributed by atoms with Crippen molar-refractivity contribution in [3.05, 3.63) is 52.6 Å².